The lowest BCUT2D eigenvalue weighted by Crippen LogP contribution is -2.02. The van der Waals surface area contributed by atoms with Gasteiger partial charge in [0.25, 0.3) is 0 Å². The Morgan fingerprint density at radius 1 is 1.17 bits per heavy atom. The van der Waals surface area contributed by atoms with Gasteiger partial charge in [-0.1, -0.05) is 6.07 Å². The van der Waals surface area contributed by atoms with E-state index in [4.69, 9.17) is 9.47 Å². The molecule has 0 fully saturated rings. The zero-order chi connectivity index (χ0) is 13.0. The van der Waals surface area contributed by atoms with Crippen molar-refractivity contribution in [2.45, 2.75) is 19.9 Å². The Bertz CT molecular complexity index is 523. The van der Waals surface area contributed by atoms with Gasteiger partial charge in [-0.3, -0.25) is 0 Å². The van der Waals surface area contributed by atoms with E-state index in [9.17, 15) is 0 Å². The van der Waals surface area contributed by atoms with Crippen LogP contribution in [0.15, 0.2) is 24.5 Å². The molecule has 0 spiro atoms. The van der Waals surface area contributed by atoms with Gasteiger partial charge in [0.2, 0.25) is 0 Å². The van der Waals surface area contributed by atoms with Gasteiger partial charge in [0.05, 0.1) is 14.2 Å². The summed E-state index contributed by atoms with van der Waals surface area (Å²) in [6.07, 6.45) is 2.48. The molecule has 96 valence electrons. The Labute approximate surface area is 106 Å². The summed E-state index contributed by atoms with van der Waals surface area (Å²) in [6.45, 7) is 2.94. The number of ether oxygens (including phenoxy) is 2. The van der Waals surface area contributed by atoms with E-state index in [1.54, 1.807) is 20.5 Å². The highest BCUT2D eigenvalue weighted by Gasteiger charge is 2.08. The van der Waals surface area contributed by atoms with E-state index in [2.05, 4.69) is 17.1 Å². The van der Waals surface area contributed by atoms with Gasteiger partial charge in [0.1, 0.15) is 12.2 Å². The molecule has 0 aliphatic heterocycles. The first kappa shape index (κ1) is 12.4. The molecule has 0 radical (unpaired) electrons. The van der Waals surface area contributed by atoms with E-state index >= 15 is 0 Å². The molecule has 0 atom stereocenters. The average Bonchev–Trinajstić information content (AvgIpc) is 2.85. The van der Waals surface area contributed by atoms with E-state index < -0.39 is 0 Å². The maximum absolute atomic E-state index is 5.28. The molecular weight excluding hydrogens is 230 g/mol. The lowest BCUT2D eigenvalue weighted by molar-refractivity contribution is 0.354. The SMILES string of the molecule is CCn1cnnc1Cc1ccc(OC)c(OC)c1. The van der Waals surface area contributed by atoms with E-state index in [0.717, 1.165) is 35.9 Å². The molecule has 0 unspecified atom stereocenters. The molecule has 0 bridgehead atoms. The Hall–Kier alpha value is -2.04. The number of benzene rings is 1. The molecule has 5 heteroatoms. The zero-order valence-corrected chi connectivity index (χ0v) is 10.9. The van der Waals surface area contributed by atoms with Crippen LogP contribution in [-0.2, 0) is 13.0 Å². The molecule has 1 aromatic heterocycles. The number of nitrogens with zero attached hydrogens (tertiary/aromatic N) is 3. The van der Waals surface area contributed by atoms with E-state index in [-0.39, 0.29) is 0 Å². The first-order valence-corrected chi connectivity index (χ1v) is 5.86. The van der Waals surface area contributed by atoms with Gasteiger partial charge in [-0.05, 0) is 24.6 Å². The van der Waals surface area contributed by atoms with Crippen molar-refractivity contribution >= 4 is 0 Å². The zero-order valence-electron chi connectivity index (χ0n) is 10.9. The Morgan fingerprint density at radius 2 is 1.94 bits per heavy atom. The lowest BCUT2D eigenvalue weighted by Gasteiger charge is -2.09. The highest BCUT2D eigenvalue weighted by atomic mass is 16.5. The average molecular weight is 247 g/mol. The molecule has 0 amide bonds. The fraction of sp³-hybridized carbons (Fsp3) is 0.385. The quantitative estimate of drug-likeness (QED) is 0.809. The van der Waals surface area contributed by atoms with E-state index in [0.29, 0.717) is 0 Å². The first-order valence-electron chi connectivity index (χ1n) is 5.86. The fourth-order valence-corrected chi connectivity index (χ4v) is 1.85. The minimum atomic E-state index is 0.730. The van der Waals surface area contributed by atoms with Crippen molar-refractivity contribution in [2.24, 2.45) is 0 Å². The molecule has 0 aliphatic rings. The summed E-state index contributed by atoms with van der Waals surface area (Å²) in [5.41, 5.74) is 1.12. The smallest absolute Gasteiger partial charge is 0.161 e. The second kappa shape index (κ2) is 5.53. The van der Waals surface area contributed by atoms with Crippen LogP contribution in [0.5, 0.6) is 11.5 Å². The third kappa shape index (κ3) is 2.45. The maximum atomic E-state index is 5.28. The summed E-state index contributed by atoms with van der Waals surface area (Å²) < 4.78 is 12.5. The van der Waals surface area contributed by atoms with Crippen LogP contribution >= 0.6 is 0 Å². The standard InChI is InChI=1S/C13H17N3O2/c1-4-16-9-14-15-13(16)8-10-5-6-11(17-2)12(7-10)18-3/h5-7,9H,4,8H2,1-3H3. The van der Waals surface area contributed by atoms with Gasteiger partial charge >= 0.3 is 0 Å². The highest BCUT2D eigenvalue weighted by Crippen LogP contribution is 2.28. The van der Waals surface area contributed by atoms with Crippen molar-refractivity contribution in [3.63, 3.8) is 0 Å². The number of hydrogen-bond acceptors (Lipinski definition) is 4. The predicted molar refractivity (Wildman–Crippen MR) is 68.0 cm³/mol. The van der Waals surface area contributed by atoms with Gasteiger partial charge in [0, 0.05) is 13.0 Å². The number of methoxy groups -OCH3 is 2. The van der Waals surface area contributed by atoms with Crippen LogP contribution in [0, 0.1) is 0 Å². The van der Waals surface area contributed by atoms with Crippen LogP contribution in [0.2, 0.25) is 0 Å². The van der Waals surface area contributed by atoms with Crippen molar-refractivity contribution in [3.05, 3.63) is 35.9 Å². The van der Waals surface area contributed by atoms with Gasteiger partial charge in [-0.25, -0.2) is 0 Å². The minimum absolute atomic E-state index is 0.730. The number of aryl methyl sites for hydroxylation is 1. The summed E-state index contributed by atoms with van der Waals surface area (Å²) in [7, 11) is 3.27. The molecule has 1 heterocycles. The molecule has 18 heavy (non-hydrogen) atoms. The van der Waals surface area contributed by atoms with E-state index in [1.165, 1.54) is 0 Å². The van der Waals surface area contributed by atoms with Crippen LogP contribution in [0.1, 0.15) is 18.3 Å². The van der Waals surface area contributed by atoms with Gasteiger partial charge in [0.15, 0.2) is 11.5 Å². The molecule has 0 aliphatic carbocycles. The topological polar surface area (TPSA) is 49.2 Å². The normalized spacial score (nSPS) is 10.4. The Balaban J connectivity index is 2.24. The Kier molecular flexibility index (Phi) is 3.82. The van der Waals surface area contributed by atoms with Crippen LogP contribution in [0.4, 0.5) is 0 Å². The number of aromatic nitrogens is 3. The summed E-state index contributed by atoms with van der Waals surface area (Å²) in [5, 5.41) is 8.04. The summed E-state index contributed by atoms with van der Waals surface area (Å²) in [5.74, 6) is 2.42. The molecule has 2 aromatic rings. The van der Waals surface area contributed by atoms with Crippen LogP contribution in [0.3, 0.4) is 0 Å². The van der Waals surface area contributed by atoms with E-state index in [1.807, 2.05) is 22.8 Å². The fourth-order valence-electron chi connectivity index (χ4n) is 1.85. The lowest BCUT2D eigenvalue weighted by atomic mass is 10.1. The third-order valence-corrected chi connectivity index (χ3v) is 2.85. The molecule has 2 rings (SSSR count). The minimum Gasteiger partial charge on any atom is -0.493 e. The van der Waals surface area contributed by atoms with Crippen LogP contribution < -0.4 is 9.47 Å². The third-order valence-electron chi connectivity index (χ3n) is 2.85. The van der Waals surface area contributed by atoms with Crippen molar-refractivity contribution in [1.82, 2.24) is 14.8 Å². The molecular formula is C13H17N3O2. The van der Waals surface area contributed by atoms with Gasteiger partial charge in [-0.2, -0.15) is 0 Å². The second-order valence-electron chi connectivity index (χ2n) is 3.90. The molecule has 1 aromatic carbocycles. The maximum Gasteiger partial charge on any atom is 0.161 e. The van der Waals surface area contributed by atoms with Crippen molar-refractivity contribution in [2.75, 3.05) is 14.2 Å². The second-order valence-corrected chi connectivity index (χ2v) is 3.90. The van der Waals surface area contributed by atoms with Crippen LogP contribution in [-0.4, -0.2) is 29.0 Å². The van der Waals surface area contributed by atoms with Crippen molar-refractivity contribution in [3.8, 4) is 11.5 Å². The van der Waals surface area contributed by atoms with Crippen molar-refractivity contribution in [1.29, 1.82) is 0 Å². The van der Waals surface area contributed by atoms with Gasteiger partial charge < -0.3 is 14.0 Å². The van der Waals surface area contributed by atoms with Crippen molar-refractivity contribution < 1.29 is 9.47 Å². The highest BCUT2D eigenvalue weighted by molar-refractivity contribution is 5.43. The summed E-state index contributed by atoms with van der Waals surface area (Å²) >= 11 is 0. The van der Waals surface area contributed by atoms with Gasteiger partial charge in [-0.15, -0.1) is 10.2 Å². The molecule has 0 saturated heterocycles. The molecule has 0 N–H and O–H groups in total. The first-order chi connectivity index (χ1) is 8.78. The van der Waals surface area contributed by atoms with Crippen LogP contribution in [0.25, 0.3) is 0 Å². The number of hydrogen-bond donors (Lipinski definition) is 0. The Morgan fingerprint density at radius 3 is 2.61 bits per heavy atom. The molecule has 0 saturated carbocycles. The monoisotopic (exact) mass is 247 g/mol. The summed E-state index contributed by atoms with van der Waals surface area (Å²) in [6, 6.07) is 5.88. The molecule has 5 nitrogen and oxygen atoms in total. The largest absolute Gasteiger partial charge is 0.493 e. The number of rotatable bonds is 5. The summed E-state index contributed by atoms with van der Waals surface area (Å²) in [4.78, 5) is 0. The predicted octanol–water partition coefficient (Wildman–Crippen LogP) is 1.91.